The van der Waals surface area contributed by atoms with Crippen LogP contribution in [0.5, 0.6) is 0 Å². The summed E-state index contributed by atoms with van der Waals surface area (Å²) in [5, 5.41) is 0. The van der Waals surface area contributed by atoms with Gasteiger partial charge in [0.25, 0.3) is 10.0 Å². The first-order valence-electron chi connectivity index (χ1n) is 5.85. The third kappa shape index (κ3) is 2.48. The molecular formula is C12H13FN2O3S2. The van der Waals surface area contributed by atoms with E-state index >= 15 is 0 Å². The van der Waals surface area contributed by atoms with Crippen LogP contribution in [-0.4, -0.2) is 19.9 Å². The van der Waals surface area contributed by atoms with Crippen molar-refractivity contribution in [3.63, 3.8) is 0 Å². The van der Waals surface area contributed by atoms with Crippen LogP contribution in [-0.2, 0) is 10.0 Å². The van der Waals surface area contributed by atoms with E-state index < -0.39 is 20.7 Å². The summed E-state index contributed by atoms with van der Waals surface area (Å²) in [4.78, 5) is 13.2. The van der Waals surface area contributed by atoms with Gasteiger partial charge in [-0.25, -0.2) is 12.8 Å². The van der Waals surface area contributed by atoms with E-state index in [9.17, 15) is 17.6 Å². The molecule has 0 aliphatic carbocycles. The van der Waals surface area contributed by atoms with Crippen LogP contribution in [0.4, 0.5) is 10.1 Å². The molecule has 0 spiro atoms. The predicted molar refractivity (Wildman–Crippen MR) is 76.3 cm³/mol. The number of aromatic nitrogens is 1. The van der Waals surface area contributed by atoms with Crippen LogP contribution >= 0.6 is 11.3 Å². The summed E-state index contributed by atoms with van der Waals surface area (Å²) >= 11 is 0.602. The molecule has 5 nitrogen and oxygen atoms in total. The number of nitrogens with one attached hydrogen (secondary N) is 1. The molecule has 2 rings (SSSR count). The highest BCUT2D eigenvalue weighted by atomic mass is 32.2. The third-order valence-corrected chi connectivity index (χ3v) is 6.18. The van der Waals surface area contributed by atoms with E-state index in [-0.39, 0.29) is 22.1 Å². The summed E-state index contributed by atoms with van der Waals surface area (Å²) in [6.07, 6.45) is 0. The summed E-state index contributed by atoms with van der Waals surface area (Å²) in [5.74, 6) is -0.626. The molecule has 20 heavy (non-hydrogen) atoms. The molecule has 0 aliphatic rings. The molecule has 0 bridgehead atoms. The van der Waals surface area contributed by atoms with E-state index in [0.29, 0.717) is 11.3 Å². The Kier molecular flexibility index (Phi) is 3.96. The molecule has 1 aromatic heterocycles. The summed E-state index contributed by atoms with van der Waals surface area (Å²) in [7, 11) is -3.96. The first-order chi connectivity index (χ1) is 9.37. The van der Waals surface area contributed by atoms with E-state index in [1.54, 1.807) is 13.0 Å². The van der Waals surface area contributed by atoms with E-state index in [2.05, 4.69) is 4.98 Å². The largest absolute Gasteiger partial charge is 0.315 e. The van der Waals surface area contributed by atoms with Gasteiger partial charge in [-0.1, -0.05) is 23.5 Å². The molecule has 8 heteroatoms. The number of aromatic amines is 1. The molecule has 0 fully saturated rings. The Morgan fingerprint density at radius 1 is 1.35 bits per heavy atom. The van der Waals surface area contributed by atoms with Gasteiger partial charge in [0.2, 0.25) is 0 Å². The van der Waals surface area contributed by atoms with Crippen molar-refractivity contribution in [2.24, 2.45) is 0 Å². The van der Waals surface area contributed by atoms with Crippen molar-refractivity contribution < 1.29 is 12.8 Å². The van der Waals surface area contributed by atoms with Gasteiger partial charge >= 0.3 is 4.87 Å². The number of benzene rings is 1. The zero-order valence-corrected chi connectivity index (χ0v) is 12.5. The lowest BCUT2D eigenvalue weighted by Gasteiger charge is -2.22. The summed E-state index contributed by atoms with van der Waals surface area (Å²) in [6, 6.07) is 5.63. The van der Waals surface area contributed by atoms with Crippen molar-refractivity contribution >= 4 is 27.0 Å². The maximum atomic E-state index is 13.8. The normalized spacial score (nSPS) is 11.6. The lowest BCUT2D eigenvalue weighted by molar-refractivity contribution is 0.587. The number of nitrogens with zero attached hydrogens (tertiary/aromatic N) is 1. The standard InChI is InChI=1S/C12H13FN2O3S2/c1-3-15(10-7-5-4-6-9(10)13)20(17,18)11-8(2)14-12(16)19-11/h4-7H,3H2,1-2H3,(H,14,16). The number of thiazole rings is 1. The van der Waals surface area contributed by atoms with E-state index in [4.69, 9.17) is 0 Å². The van der Waals surface area contributed by atoms with Gasteiger partial charge in [0.15, 0.2) is 4.21 Å². The molecule has 0 saturated heterocycles. The van der Waals surface area contributed by atoms with Crippen LogP contribution < -0.4 is 9.18 Å². The molecule has 0 unspecified atom stereocenters. The van der Waals surface area contributed by atoms with Crippen molar-refractivity contribution in [2.45, 2.75) is 18.1 Å². The molecule has 1 aromatic carbocycles. The van der Waals surface area contributed by atoms with Crippen LogP contribution in [0.2, 0.25) is 0 Å². The number of H-pyrrole nitrogens is 1. The molecule has 0 amide bonds. The lowest BCUT2D eigenvalue weighted by atomic mass is 10.3. The Balaban J connectivity index is 2.60. The number of anilines is 1. The molecule has 0 radical (unpaired) electrons. The number of rotatable bonds is 4. The van der Waals surface area contributed by atoms with Gasteiger partial charge < -0.3 is 4.98 Å². The summed E-state index contributed by atoms with van der Waals surface area (Å²) in [5.41, 5.74) is 0.227. The highest BCUT2D eigenvalue weighted by Gasteiger charge is 2.29. The number of sulfonamides is 1. The summed E-state index contributed by atoms with van der Waals surface area (Å²) in [6.45, 7) is 3.17. The summed E-state index contributed by atoms with van der Waals surface area (Å²) < 4.78 is 39.8. The van der Waals surface area contributed by atoms with Crippen LogP contribution in [0, 0.1) is 12.7 Å². The minimum absolute atomic E-state index is 0.0322. The molecule has 0 aliphatic heterocycles. The van der Waals surface area contributed by atoms with E-state index in [0.717, 1.165) is 4.31 Å². The maximum absolute atomic E-state index is 13.8. The van der Waals surface area contributed by atoms with E-state index in [1.165, 1.54) is 25.1 Å². The smallest absolute Gasteiger partial charge is 0.306 e. The number of aryl methyl sites for hydroxylation is 1. The molecule has 0 saturated carbocycles. The minimum atomic E-state index is -3.96. The van der Waals surface area contributed by atoms with Gasteiger partial charge in [0.05, 0.1) is 5.69 Å². The minimum Gasteiger partial charge on any atom is -0.315 e. The van der Waals surface area contributed by atoms with Crippen LogP contribution in [0.15, 0.2) is 33.3 Å². The van der Waals surface area contributed by atoms with Gasteiger partial charge in [0, 0.05) is 12.2 Å². The lowest BCUT2D eigenvalue weighted by Crippen LogP contribution is -2.31. The quantitative estimate of drug-likeness (QED) is 0.939. The number of halogens is 1. The second-order valence-electron chi connectivity index (χ2n) is 4.05. The molecule has 2 aromatic rings. The maximum Gasteiger partial charge on any atom is 0.306 e. The Morgan fingerprint density at radius 3 is 2.50 bits per heavy atom. The van der Waals surface area contributed by atoms with Crippen molar-refractivity contribution in [2.75, 3.05) is 10.8 Å². The van der Waals surface area contributed by atoms with E-state index in [1.807, 2.05) is 0 Å². The van der Waals surface area contributed by atoms with Gasteiger partial charge in [-0.05, 0) is 26.0 Å². The van der Waals surface area contributed by atoms with Crippen LogP contribution in [0.25, 0.3) is 0 Å². The third-order valence-electron chi connectivity index (χ3n) is 2.71. The van der Waals surface area contributed by atoms with Gasteiger partial charge in [-0.3, -0.25) is 9.10 Å². The first-order valence-corrected chi connectivity index (χ1v) is 8.10. The molecular weight excluding hydrogens is 303 g/mol. The second-order valence-corrected chi connectivity index (χ2v) is 7.09. The molecule has 108 valence electrons. The monoisotopic (exact) mass is 316 g/mol. The fraction of sp³-hybridized carbons (Fsp3) is 0.250. The zero-order chi connectivity index (χ0) is 14.9. The zero-order valence-electron chi connectivity index (χ0n) is 10.9. The highest BCUT2D eigenvalue weighted by molar-refractivity contribution is 7.94. The number of hydrogen-bond donors (Lipinski definition) is 1. The van der Waals surface area contributed by atoms with Crippen molar-refractivity contribution in [1.29, 1.82) is 0 Å². The van der Waals surface area contributed by atoms with Gasteiger partial charge in [-0.2, -0.15) is 0 Å². The fourth-order valence-electron chi connectivity index (χ4n) is 1.86. The predicted octanol–water partition coefficient (Wildman–Crippen LogP) is 2.10. The van der Waals surface area contributed by atoms with Gasteiger partial charge in [0.1, 0.15) is 5.82 Å². The van der Waals surface area contributed by atoms with Crippen LogP contribution in [0.1, 0.15) is 12.6 Å². The Labute approximate surface area is 119 Å². The average molecular weight is 316 g/mol. The highest BCUT2D eigenvalue weighted by Crippen LogP contribution is 2.28. The Morgan fingerprint density at radius 2 is 2.00 bits per heavy atom. The van der Waals surface area contributed by atoms with Crippen molar-refractivity contribution in [3.05, 3.63) is 45.4 Å². The Hall–Kier alpha value is -1.67. The Bertz CT molecular complexity index is 780. The molecule has 1 heterocycles. The second kappa shape index (κ2) is 5.37. The number of para-hydroxylation sites is 1. The van der Waals surface area contributed by atoms with Gasteiger partial charge in [-0.15, -0.1) is 0 Å². The molecule has 0 atom stereocenters. The fourth-order valence-corrected chi connectivity index (χ4v) is 4.74. The van der Waals surface area contributed by atoms with Crippen LogP contribution in [0.3, 0.4) is 0 Å². The first kappa shape index (κ1) is 14.7. The SMILES string of the molecule is CCN(c1ccccc1F)S(=O)(=O)c1sc(=O)[nH]c1C. The molecule has 1 N–H and O–H groups in total. The average Bonchev–Trinajstić information content (AvgIpc) is 2.72. The number of hydrogen-bond acceptors (Lipinski definition) is 4. The topological polar surface area (TPSA) is 70.2 Å². The van der Waals surface area contributed by atoms with Crippen molar-refractivity contribution in [3.8, 4) is 0 Å². The van der Waals surface area contributed by atoms with Crippen molar-refractivity contribution in [1.82, 2.24) is 4.98 Å².